The van der Waals surface area contributed by atoms with E-state index in [0.29, 0.717) is 25.4 Å². The predicted molar refractivity (Wildman–Crippen MR) is 119 cm³/mol. The SMILES string of the molecule is C=CCOc1ccc(/C=C(/C#N)C(=O)N2CCN(c3ccccc3)CC2)cc1Br. The normalized spacial score (nSPS) is 14.3. The summed E-state index contributed by atoms with van der Waals surface area (Å²) in [6.45, 7) is 6.70. The first-order valence-electron chi connectivity index (χ1n) is 9.36. The standard InChI is InChI=1S/C23H22BrN3O2/c1-2-14-29-22-9-8-18(16-21(22)24)15-19(17-25)23(28)27-12-10-26(11-13-27)20-6-4-3-5-7-20/h2-9,15-16H,1,10-14H2/b19-15-. The molecule has 1 aliphatic rings. The van der Waals surface area contributed by atoms with Crippen LogP contribution >= 0.6 is 15.9 Å². The van der Waals surface area contributed by atoms with Gasteiger partial charge in [-0.25, -0.2) is 0 Å². The summed E-state index contributed by atoms with van der Waals surface area (Å²) in [5.41, 5.74) is 2.04. The van der Waals surface area contributed by atoms with Crippen LogP contribution in [0.25, 0.3) is 6.08 Å². The number of carbonyl (C=O) groups is 1. The van der Waals surface area contributed by atoms with Crippen molar-refractivity contribution >= 4 is 33.6 Å². The summed E-state index contributed by atoms with van der Waals surface area (Å²) in [4.78, 5) is 16.8. The van der Waals surface area contributed by atoms with Crippen LogP contribution in [0.4, 0.5) is 5.69 Å². The molecule has 0 unspecified atom stereocenters. The Kier molecular flexibility index (Phi) is 7.09. The first kappa shape index (κ1) is 20.7. The molecule has 0 bridgehead atoms. The molecule has 1 heterocycles. The summed E-state index contributed by atoms with van der Waals surface area (Å²) >= 11 is 3.46. The Bertz CT molecular complexity index is 942. The van der Waals surface area contributed by atoms with Crippen LogP contribution in [0.15, 0.2) is 71.2 Å². The summed E-state index contributed by atoms with van der Waals surface area (Å²) in [5, 5.41) is 9.53. The van der Waals surface area contributed by atoms with Gasteiger partial charge in [0.25, 0.3) is 5.91 Å². The highest BCUT2D eigenvalue weighted by Gasteiger charge is 2.23. The molecular formula is C23H22BrN3O2. The second kappa shape index (κ2) is 9.94. The molecule has 0 N–H and O–H groups in total. The lowest BCUT2D eigenvalue weighted by molar-refractivity contribution is -0.126. The third-order valence-electron chi connectivity index (χ3n) is 4.66. The van der Waals surface area contributed by atoms with E-state index in [2.05, 4.69) is 45.6 Å². The summed E-state index contributed by atoms with van der Waals surface area (Å²) < 4.78 is 6.29. The molecule has 0 radical (unpaired) electrons. The van der Waals surface area contributed by atoms with Gasteiger partial charge in [0, 0.05) is 31.9 Å². The molecule has 5 nitrogen and oxygen atoms in total. The van der Waals surface area contributed by atoms with Crippen LogP contribution in [0.5, 0.6) is 5.75 Å². The van der Waals surface area contributed by atoms with Crippen molar-refractivity contribution in [1.29, 1.82) is 5.26 Å². The molecular weight excluding hydrogens is 430 g/mol. The molecule has 0 spiro atoms. The second-order valence-electron chi connectivity index (χ2n) is 6.57. The van der Waals surface area contributed by atoms with E-state index in [1.165, 1.54) is 0 Å². The fourth-order valence-electron chi connectivity index (χ4n) is 3.16. The lowest BCUT2D eigenvalue weighted by Crippen LogP contribution is -2.49. The third-order valence-corrected chi connectivity index (χ3v) is 5.28. The van der Waals surface area contributed by atoms with E-state index in [1.54, 1.807) is 23.1 Å². The van der Waals surface area contributed by atoms with E-state index < -0.39 is 0 Å². The Morgan fingerprint density at radius 2 is 1.90 bits per heavy atom. The topological polar surface area (TPSA) is 56.6 Å². The quantitative estimate of drug-likeness (QED) is 0.373. The van der Waals surface area contributed by atoms with Crippen molar-refractivity contribution in [3.8, 4) is 11.8 Å². The van der Waals surface area contributed by atoms with Gasteiger partial charge in [-0.05, 0) is 51.8 Å². The van der Waals surface area contributed by atoms with Gasteiger partial charge in [-0.1, -0.05) is 36.9 Å². The molecule has 2 aromatic rings. The van der Waals surface area contributed by atoms with Crippen molar-refractivity contribution in [2.45, 2.75) is 0 Å². The number of piperazine rings is 1. The maximum atomic E-state index is 12.8. The number of hydrogen-bond donors (Lipinski definition) is 0. The molecule has 29 heavy (non-hydrogen) atoms. The highest BCUT2D eigenvalue weighted by molar-refractivity contribution is 9.10. The lowest BCUT2D eigenvalue weighted by atomic mass is 10.1. The average molecular weight is 452 g/mol. The number of nitriles is 1. The molecule has 1 amide bonds. The molecule has 1 fully saturated rings. The Labute approximate surface area is 179 Å². The molecule has 0 aliphatic carbocycles. The average Bonchev–Trinajstić information content (AvgIpc) is 2.77. The number of benzene rings is 2. The Morgan fingerprint density at radius 3 is 2.52 bits per heavy atom. The summed E-state index contributed by atoms with van der Waals surface area (Å²) in [7, 11) is 0. The van der Waals surface area contributed by atoms with Gasteiger partial charge >= 0.3 is 0 Å². The Morgan fingerprint density at radius 1 is 1.17 bits per heavy atom. The van der Waals surface area contributed by atoms with Gasteiger partial charge in [-0.15, -0.1) is 0 Å². The van der Waals surface area contributed by atoms with Gasteiger partial charge in [0.15, 0.2) is 0 Å². The highest BCUT2D eigenvalue weighted by atomic mass is 79.9. The lowest BCUT2D eigenvalue weighted by Gasteiger charge is -2.36. The summed E-state index contributed by atoms with van der Waals surface area (Å²) in [5.74, 6) is 0.451. The van der Waals surface area contributed by atoms with Crippen LogP contribution in [0.3, 0.4) is 0 Å². The van der Waals surface area contributed by atoms with E-state index >= 15 is 0 Å². The van der Waals surface area contributed by atoms with Crippen LogP contribution in [0.2, 0.25) is 0 Å². The summed E-state index contributed by atoms with van der Waals surface area (Å²) in [6.07, 6.45) is 3.29. The van der Waals surface area contributed by atoms with Crippen LogP contribution in [-0.4, -0.2) is 43.6 Å². The maximum Gasteiger partial charge on any atom is 0.264 e. The van der Waals surface area contributed by atoms with Crippen molar-refractivity contribution in [3.05, 3.63) is 76.8 Å². The maximum absolute atomic E-state index is 12.8. The van der Waals surface area contributed by atoms with Crippen LogP contribution in [-0.2, 0) is 4.79 Å². The van der Waals surface area contributed by atoms with Gasteiger partial charge < -0.3 is 14.5 Å². The minimum absolute atomic E-state index is 0.129. The number of rotatable bonds is 6. The van der Waals surface area contributed by atoms with Gasteiger partial charge in [-0.3, -0.25) is 4.79 Å². The monoisotopic (exact) mass is 451 g/mol. The minimum Gasteiger partial charge on any atom is -0.488 e. The molecule has 2 aromatic carbocycles. The molecule has 0 atom stereocenters. The summed E-state index contributed by atoms with van der Waals surface area (Å²) in [6, 6.07) is 17.7. The van der Waals surface area contributed by atoms with Crippen molar-refractivity contribution in [2.24, 2.45) is 0 Å². The molecule has 3 rings (SSSR count). The number of amides is 1. The van der Waals surface area contributed by atoms with E-state index in [4.69, 9.17) is 4.74 Å². The van der Waals surface area contributed by atoms with E-state index in [9.17, 15) is 10.1 Å². The number of para-hydroxylation sites is 1. The number of halogens is 1. The largest absolute Gasteiger partial charge is 0.488 e. The predicted octanol–water partition coefficient (Wildman–Crippen LogP) is 4.27. The molecule has 6 heteroatoms. The molecule has 0 saturated carbocycles. The van der Waals surface area contributed by atoms with Gasteiger partial charge in [0.2, 0.25) is 0 Å². The van der Waals surface area contributed by atoms with Crippen LogP contribution in [0, 0.1) is 11.3 Å². The number of hydrogen-bond acceptors (Lipinski definition) is 4. The number of anilines is 1. The fraction of sp³-hybridized carbons (Fsp3) is 0.217. The zero-order valence-corrected chi connectivity index (χ0v) is 17.6. The molecule has 1 aliphatic heterocycles. The number of ether oxygens (including phenoxy) is 1. The number of nitrogens with zero attached hydrogens (tertiary/aromatic N) is 3. The van der Waals surface area contributed by atoms with E-state index in [-0.39, 0.29) is 11.5 Å². The van der Waals surface area contributed by atoms with E-state index in [0.717, 1.165) is 28.8 Å². The Hall–Kier alpha value is -3.04. The number of carbonyl (C=O) groups excluding carboxylic acids is 1. The van der Waals surface area contributed by atoms with Gasteiger partial charge in [0.05, 0.1) is 4.47 Å². The van der Waals surface area contributed by atoms with Crippen molar-refractivity contribution in [2.75, 3.05) is 37.7 Å². The molecule has 148 valence electrons. The second-order valence-corrected chi connectivity index (χ2v) is 7.43. The smallest absolute Gasteiger partial charge is 0.264 e. The third kappa shape index (κ3) is 5.27. The van der Waals surface area contributed by atoms with Gasteiger partial charge in [-0.2, -0.15) is 5.26 Å². The molecule has 1 saturated heterocycles. The molecule has 0 aromatic heterocycles. The van der Waals surface area contributed by atoms with Gasteiger partial charge in [0.1, 0.15) is 24.0 Å². The van der Waals surface area contributed by atoms with Crippen LogP contribution < -0.4 is 9.64 Å². The van der Waals surface area contributed by atoms with Crippen molar-refractivity contribution < 1.29 is 9.53 Å². The Balaban J connectivity index is 1.67. The first-order valence-corrected chi connectivity index (χ1v) is 10.2. The minimum atomic E-state index is -0.233. The fourth-order valence-corrected chi connectivity index (χ4v) is 3.67. The van der Waals surface area contributed by atoms with Crippen LogP contribution in [0.1, 0.15) is 5.56 Å². The van der Waals surface area contributed by atoms with Crippen molar-refractivity contribution in [3.63, 3.8) is 0 Å². The first-order chi connectivity index (χ1) is 14.1. The van der Waals surface area contributed by atoms with Crippen molar-refractivity contribution in [1.82, 2.24) is 4.90 Å². The van der Waals surface area contributed by atoms with E-state index in [1.807, 2.05) is 30.3 Å². The zero-order valence-electron chi connectivity index (χ0n) is 16.1. The highest BCUT2D eigenvalue weighted by Crippen LogP contribution is 2.27. The zero-order chi connectivity index (χ0) is 20.6.